The first-order valence-electron chi connectivity index (χ1n) is 8.15. The van der Waals surface area contributed by atoms with E-state index in [0.717, 1.165) is 16.8 Å². The van der Waals surface area contributed by atoms with Crippen molar-refractivity contribution in [3.63, 3.8) is 0 Å². The van der Waals surface area contributed by atoms with Crippen molar-refractivity contribution < 1.29 is 8.91 Å². The molecule has 0 aliphatic rings. The Bertz CT molecular complexity index is 944. The maximum Gasteiger partial charge on any atom is 0.213 e. The van der Waals surface area contributed by atoms with Gasteiger partial charge in [0.1, 0.15) is 5.82 Å². The number of aromatic nitrogens is 4. The predicted molar refractivity (Wildman–Crippen MR) is 92.9 cm³/mol. The topological polar surface area (TPSA) is 64.7 Å². The first-order chi connectivity index (χ1) is 12.8. The van der Waals surface area contributed by atoms with Gasteiger partial charge in [0.15, 0.2) is 5.82 Å². The smallest absolute Gasteiger partial charge is 0.213 e. The van der Waals surface area contributed by atoms with Gasteiger partial charge in [-0.05, 0) is 41.5 Å². The van der Waals surface area contributed by atoms with Gasteiger partial charge < -0.3 is 4.52 Å². The quantitative estimate of drug-likeness (QED) is 0.547. The molecule has 5 nitrogen and oxygen atoms in total. The summed E-state index contributed by atoms with van der Waals surface area (Å²) in [5.41, 5.74) is 2.66. The molecule has 0 spiro atoms. The first kappa shape index (κ1) is 16.1. The molecule has 0 aliphatic carbocycles. The molecular weight excluding hydrogens is 331 g/mol. The zero-order valence-corrected chi connectivity index (χ0v) is 13.7. The van der Waals surface area contributed by atoms with Crippen molar-refractivity contribution in [3.05, 3.63) is 108 Å². The van der Waals surface area contributed by atoms with Gasteiger partial charge in [-0.3, -0.25) is 9.97 Å². The third-order valence-corrected chi connectivity index (χ3v) is 4.27. The molecule has 2 unspecified atom stereocenters. The Hall–Kier alpha value is -3.41. The van der Waals surface area contributed by atoms with Crippen LogP contribution in [0.2, 0.25) is 0 Å². The van der Waals surface area contributed by atoms with Gasteiger partial charge in [0, 0.05) is 30.2 Å². The number of hydrogen-bond donors (Lipinski definition) is 0. The summed E-state index contributed by atoms with van der Waals surface area (Å²) in [5, 5.41) is 4.07. The van der Waals surface area contributed by atoms with E-state index >= 15 is 0 Å². The SMILES string of the molecule is Fc1ccc(C(c2ccccn2)C(c2cccnc2)c2ncon2)cc1. The van der Waals surface area contributed by atoms with E-state index in [1.54, 1.807) is 30.7 Å². The van der Waals surface area contributed by atoms with Crippen LogP contribution in [0.25, 0.3) is 0 Å². The average molecular weight is 346 g/mol. The second-order valence-electron chi connectivity index (χ2n) is 5.84. The maximum atomic E-state index is 13.5. The highest BCUT2D eigenvalue weighted by Crippen LogP contribution is 2.40. The molecule has 3 aromatic heterocycles. The van der Waals surface area contributed by atoms with Crippen LogP contribution in [0.4, 0.5) is 4.39 Å². The molecule has 2 atom stereocenters. The first-order valence-corrected chi connectivity index (χ1v) is 8.15. The van der Waals surface area contributed by atoms with Gasteiger partial charge in [0.2, 0.25) is 6.39 Å². The van der Waals surface area contributed by atoms with Gasteiger partial charge in [0.05, 0.1) is 5.92 Å². The minimum Gasteiger partial charge on any atom is -0.343 e. The molecule has 0 saturated carbocycles. The molecule has 128 valence electrons. The Morgan fingerprint density at radius 2 is 1.69 bits per heavy atom. The van der Waals surface area contributed by atoms with Crippen LogP contribution in [0.1, 0.15) is 34.5 Å². The normalized spacial score (nSPS) is 13.3. The standard InChI is InChI=1S/C20H15FN4O/c21-16-8-6-14(7-9-16)18(17-5-1-2-11-23-17)19(20-24-13-26-25-20)15-4-3-10-22-12-15/h1-13,18-19H. The minimum absolute atomic E-state index is 0.224. The van der Waals surface area contributed by atoms with E-state index in [9.17, 15) is 4.39 Å². The number of rotatable bonds is 5. The minimum atomic E-state index is -0.286. The molecule has 6 heteroatoms. The second kappa shape index (κ2) is 7.23. The fraction of sp³-hybridized carbons (Fsp3) is 0.100. The van der Waals surface area contributed by atoms with Crippen LogP contribution in [0, 0.1) is 5.82 Å². The number of benzene rings is 1. The average Bonchev–Trinajstić information content (AvgIpc) is 3.22. The number of halogens is 1. The Labute approximate surface area is 149 Å². The highest BCUT2D eigenvalue weighted by atomic mass is 19.1. The monoisotopic (exact) mass is 346 g/mol. The highest BCUT2D eigenvalue weighted by Gasteiger charge is 2.32. The third-order valence-electron chi connectivity index (χ3n) is 4.27. The van der Waals surface area contributed by atoms with Crippen LogP contribution in [-0.4, -0.2) is 20.1 Å². The van der Waals surface area contributed by atoms with E-state index in [-0.39, 0.29) is 17.7 Å². The van der Waals surface area contributed by atoms with E-state index in [1.807, 2.05) is 30.3 Å². The van der Waals surface area contributed by atoms with Crippen molar-refractivity contribution in [2.75, 3.05) is 0 Å². The Balaban J connectivity index is 1.91. The summed E-state index contributed by atoms with van der Waals surface area (Å²) in [6.45, 7) is 0. The molecule has 0 fully saturated rings. The van der Waals surface area contributed by atoms with Crippen LogP contribution in [0.15, 0.2) is 84.1 Å². The largest absolute Gasteiger partial charge is 0.343 e. The highest BCUT2D eigenvalue weighted by molar-refractivity contribution is 5.38. The summed E-state index contributed by atoms with van der Waals surface area (Å²) in [5.74, 6) is -0.259. The Morgan fingerprint density at radius 1 is 0.808 bits per heavy atom. The van der Waals surface area contributed by atoms with Gasteiger partial charge in [0.25, 0.3) is 0 Å². The lowest BCUT2D eigenvalue weighted by Crippen LogP contribution is -2.17. The zero-order chi connectivity index (χ0) is 17.8. The van der Waals surface area contributed by atoms with Crippen molar-refractivity contribution in [1.82, 2.24) is 20.1 Å². The van der Waals surface area contributed by atoms with Crippen LogP contribution in [0.3, 0.4) is 0 Å². The van der Waals surface area contributed by atoms with Crippen molar-refractivity contribution in [2.45, 2.75) is 11.8 Å². The van der Waals surface area contributed by atoms with Crippen LogP contribution >= 0.6 is 0 Å². The van der Waals surface area contributed by atoms with Crippen LogP contribution in [-0.2, 0) is 0 Å². The van der Waals surface area contributed by atoms with Gasteiger partial charge in [-0.25, -0.2) is 4.39 Å². The van der Waals surface area contributed by atoms with Crippen LogP contribution < -0.4 is 0 Å². The summed E-state index contributed by atoms with van der Waals surface area (Å²) < 4.78 is 18.5. The molecule has 26 heavy (non-hydrogen) atoms. The van der Waals surface area contributed by atoms with E-state index in [1.165, 1.54) is 18.5 Å². The number of hydrogen-bond acceptors (Lipinski definition) is 5. The summed E-state index contributed by atoms with van der Waals surface area (Å²) in [6, 6.07) is 16.0. The van der Waals surface area contributed by atoms with Crippen LogP contribution in [0.5, 0.6) is 0 Å². The Morgan fingerprint density at radius 3 is 2.35 bits per heavy atom. The molecule has 0 saturated heterocycles. The van der Waals surface area contributed by atoms with Crippen molar-refractivity contribution in [2.24, 2.45) is 0 Å². The van der Waals surface area contributed by atoms with Gasteiger partial charge >= 0.3 is 0 Å². The van der Waals surface area contributed by atoms with E-state index in [4.69, 9.17) is 4.52 Å². The number of pyridine rings is 2. The van der Waals surface area contributed by atoms with Gasteiger partial charge in [-0.1, -0.05) is 29.4 Å². The molecule has 0 amide bonds. The summed E-state index contributed by atoms with van der Waals surface area (Å²) in [6.07, 6.45) is 6.53. The molecule has 4 aromatic rings. The molecule has 0 N–H and O–H groups in total. The van der Waals surface area contributed by atoms with Gasteiger partial charge in [-0.2, -0.15) is 4.98 Å². The van der Waals surface area contributed by atoms with Crippen molar-refractivity contribution in [3.8, 4) is 0 Å². The molecular formula is C20H15FN4O. The van der Waals surface area contributed by atoms with Crippen molar-refractivity contribution in [1.29, 1.82) is 0 Å². The molecule has 4 rings (SSSR count). The lowest BCUT2D eigenvalue weighted by Gasteiger charge is -2.25. The van der Waals surface area contributed by atoms with Gasteiger partial charge in [-0.15, -0.1) is 0 Å². The summed E-state index contributed by atoms with van der Waals surface area (Å²) in [4.78, 5) is 13.0. The maximum absolute atomic E-state index is 13.5. The lowest BCUT2D eigenvalue weighted by molar-refractivity contribution is 0.404. The van der Waals surface area contributed by atoms with E-state index in [2.05, 4.69) is 20.1 Å². The lowest BCUT2D eigenvalue weighted by atomic mass is 9.79. The molecule has 0 radical (unpaired) electrons. The summed E-state index contributed by atoms with van der Waals surface area (Å²) in [7, 11) is 0. The molecule has 1 aromatic carbocycles. The zero-order valence-electron chi connectivity index (χ0n) is 13.7. The Kier molecular flexibility index (Phi) is 4.47. The van der Waals surface area contributed by atoms with E-state index < -0.39 is 0 Å². The fourth-order valence-corrected chi connectivity index (χ4v) is 3.13. The van der Waals surface area contributed by atoms with Crippen molar-refractivity contribution >= 4 is 0 Å². The molecule has 0 bridgehead atoms. The predicted octanol–water partition coefficient (Wildman–Crippen LogP) is 3.96. The number of nitrogens with zero attached hydrogens (tertiary/aromatic N) is 4. The van der Waals surface area contributed by atoms with E-state index in [0.29, 0.717) is 5.82 Å². The molecule has 3 heterocycles. The summed E-state index contributed by atoms with van der Waals surface area (Å²) >= 11 is 0. The second-order valence-corrected chi connectivity index (χ2v) is 5.84. The third kappa shape index (κ3) is 3.21. The molecule has 0 aliphatic heterocycles. The fourth-order valence-electron chi connectivity index (χ4n) is 3.13.